The van der Waals surface area contributed by atoms with Crippen LogP contribution >= 0.6 is 0 Å². The molecule has 0 bridgehead atoms. The molecule has 8 rings (SSSR count). The lowest BCUT2D eigenvalue weighted by atomic mass is 9.90. The molecule has 7 aromatic carbocycles. The molecule has 0 saturated heterocycles. The number of allylic oxidation sites excluding steroid dienone is 2. The van der Waals surface area contributed by atoms with Crippen molar-refractivity contribution >= 4 is 57.4 Å². The lowest BCUT2D eigenvalue weighted by Crippen LogP contribution is -2.01. The van der Waals surface area contributed by atoms with E-state index in [2.05, 4.69) is 189 Å². The molecule has 48 heavy (non-hydrogen) atoms. The molecule has 228 valence electrons. The minimum atomic E-state index is 1.17. The van der Waals surface area contributed by atoms with Gasteiger partial charge in [0.15, 0.2) is 6.21 Å². The van der Waals surface area contributed by atoms with Gasteiger partial charge in [-0.05, 0) is 111 Å². The van der Waals surface area contributed by atoms with Crippen molar-refractivity contribution in [1.82, 2.24) is 4.58 Å². The summed E-state index contributed by atoms with van der Waals surface area (Å²) in [7, 11) is 0. The SMILES string of the molecule is C=Cc1c(/C=C\C)cc(-c2ccc(-c3ccc4c5c(ccc4c3)-c3ccccc3[N+]5=C/C=C\c3ccccc3C)cc2)c2ccccc12. The number of para-hydroxylation sites is 1. The molecule has 7 aromatic rings. The summed E-state index contributed by atoms with van der Waals surface area (Å²) in [6.07, 6.45) is 12.8. The van der Waals surface area contributed by atoms with Gasteiger partial charge in [0, 0.05) is 12.1 Å². The molecular formula is C47H36N+. The van der Waals surface area contributed by atoms with Crippen LogP contribution in [0.15, 0.2) is 152 Å². The van der Waals surface area contributed by atoms with Crippen LogP contribution < -0.4 is 4.58 Å². The highest BCUT2D eigenvalue weighted by molar-refractivity contribution is 6.10. The van der Waals surface area contributed by atoms with Crippen molar-refractivity contribution in [3.63, 3.8) is 0 Å². The molecule has 1 nitrogen and oxygen atoms in total. The molecule has 1 aliphatic heterocycles. The summed E-state index contributed by atoms with van der Waals surface area (Å²) in [6, 6.07) is 48.6. The van der Waals surface area contributed by atoms with Crippen LogP contribution in [0.3, 0.4) is 0 Å². The van der Waals surface area contributed by atoms with Crippen molar-refractivity contribution in [2.45, 2.75) is 13.8 Å². The Bertz CT molecular complexity index is 2470. The van der Waals surface area contributed by atoms with Gasteiger partial charge >= 0.3 is 0 Å². The molecule has 0 N–H and O–H groups in total. The number of rotatable bonds is 6. The van der Waals surface area contributed by atoms with Crippen LogP contribution in [0.2, 0.25) is 0 Å². The summed E-state index contributed by atoms with van der Waals surface area (Å²) in [5.41, 5.74) is 14.7. The maximum atomic E-state index is 4.11. The van der Waals surface area contributed by atoms with Crippen molar-refractivity contribution in [2.75, 3.05) is 0 Å². The topological polar surface area (TPSA) is 3.01 Å². The van der Waals surface area contributed by atoms with Crippen LogP contribution in [0.25, 0.3) is 73.2 Å². The van der Waals surface area contributed by atoms with Gasteiger partial charge in [0.1, 0.15) is 0 Å². The molecule has 0 atom stereocenters. The molecule has 1 aliphatic rings. The zero-order valence-corrected chi connectivity index (χ0v) is 27.3. The standard InChI is InChI=1S/C47H36N/c1-4-13-37-31-45(42-18-9-8-17-41(42)39(37)5-2)35-23-21-34(22-24-35)36-25-27-40-38(30-36)26-28-44-43-19-10-11-20-46(43)48(47(40)44)29-12-16-33-15-7-6-14-32(33)3/h4-31H,2H2,1,3H3/q+1/b13-4-,16-12-,48-29?. The third-order valence-corrected chi connectivity index (χ3v) is 9.58. The third kappa shape index (κ3) is 5.01. The molecule has 1 heteroatoms. The number of hydrogen-bond donors (Lipinski definition) is 0. The van der Waals surface area contributed by atoms with E-state index in [0.29, 0.717) is 0 Å². The molecule has 0 unspecified atom stereocenters. The van der Waals surface area contributed by atoms with E-state index in [9.17, 15) is 0 Å². The van der Waals surface area contributed by atoms with Crippen LogP contribution in [0.4, 0.5) is 11.4 Å². The molecule has 0 aliphatic carbocycles. The van der Waals surface area contributed by atoms with Crippen LogP contribution in [-0.4, -0.2) is 6.21 Å². The van der Waals surface area contributed by atoms with Crippen molar-refractivity contribution in [3.05, 3.63) is 174 Å². The molecule has 0 amide bonds. The van der Waals surface area contributed by atoms with Gasteiger partial charge in [0.25, 0.3) is 0 Å². The van der Waals surface area contributed by atoms with Crippen LogP contribution in [0.5, 0.6) is 0 Å². The monoisotopic (exact) mass is 614 g/mol. The number of nitrogens with zero attached hydrogens (tertiary/aromatic N) is 1. The van der Waals surface area contributed by atoms with Crippen LogP contribution in [0.1, 0.15) is 29.2 Å². The quantitative estimate of drug-likeness (QED) is 0.164. The first-order chi connectivity index (χ1) is 23.6. The van der Waals surface area contributed by atoms with Crippen molar-refractivity contribution in [1.29, 1.82) is 0 Å². The smallest absolute Gasteiger partial charge is 0.159 e. The molecule has 1 heterocycles. The maximum absolute atomic E-state index is 4.11. The Kier molecular flexibility index (Phi) is 7.51. The fraction of sp³-hybridized carbons (Fsp3) is 0.0426. The Balaban J connectivity index is 1.18. The minimum Gasteiger partial charge on any atom is -0.159 e. The first-order valence-electron chi connectivity index (χ1n) is 16.6. The first kappa shape index (κ1) is 29.4. The zero-order valence-electron chi connectivity index (χ0n) is 27.3. The number of benzene rings is 7. The predicted molar refractivity (Wildman–Crippen MR) is 210 cm³/mol. The van der Waals surface area contributed by atoms with Crippen molar-refractivity contribution in [3.8, 4) is 33.4 Å². The summed E-state index contributed by atoms with van der Waals surface area (Å²) in [4.78, 5) is 0. The fourth-order valence-electron chi connectivity index (χ4n) is 7.21. The highest BCUT2D eigenvalue weighted by atomic mass is 15.0. The molecular weight excluding hydrogens is 579 g/mol. The van der Waals surface area contributed by atoms with E-state index in [-0.39, 0.29) is 0 Å². The van der Waals surface area contributed by atoms with Gasteiger partial charge in [-0.25, -0.2) is 0 Å². The Morgan fingerprint density at radius 1 is 0.562 bits per heavy atom. The Morgan fingerprint density at radius 3 is 2.10 bits per heavy atom. The second-order valence-corrected chi connectivity index (χ2v) is 12.4. The van der Waals surface area contributed by atoms with Gasteiger partial charge in [-0.15, -0.1) is 0 Å². The summed E-state index contributed by atoms with van der Waals surface area (Å²) in [5.74, 6) is 0. The molecule has 0 saturated carbocycles. The Labute approximate surface area is 282 Å². The average Bonchev–Trinajstić information content (AvgIpc) is 3.46. The normalized spacial score (nSPS) is 13.2. The second kappa shape index (κ2) is 12.3. The first-order valence-corrected chi connectivity index (χ1v) is 16.6. The Morgan fingerprint density at radius 2 is 1.29 bits per heavy atom. The Hall–Kier alpha value is -6.05. The van der Waals surface area contributed by atoms with Gasteiger partial charge in [0.05, 0.1) is 16.5 Å². The van der Waals surface area contributed by atoms with Gasteiger partial charge in [-0.2, -0.15) is 4.58 Å². The van der Waals surface area contributed by atoms with E-state index in [4.69, 9.17) is 0 Å². The van der Waals surface area contributed by atoms with E-state index in [1.807, 2.05) is 6.08 Å². The second-order valence-electron chi connectivity index (χ2n) is 12.4. The van der Waals surface area contributed by atoms with E-state index in [1.165, 1.54) is 88.6 Å². The predicted octanol–water partition coefficient (Wildman–Crippen LogP) is 12.9. The number of fused-ring (bicyclic) bond motifs is 6. The highest BCUT2D eigenvalue weighted by Gasteiger charge is 2.32. The highest BCUT2D eigenvalue weighted by Crippen LogP contribution is 2.48. The molecule has 0 radical (unpaired) electrons. The van der Waals surface area contributed by atoms with Crippen LogP contribution in [0, 0.1) is 6.92 Å². The average molecular weight is 615 g/mol. The van der Waals surface area contributed by atoms with Gasteiger partial charge in [0.2, 0.25) is 11.4 Å². The summed E-state index contributed by atoms with van der Waals surface area (Å²) < 4.78 is 2.35. The minimum absolute atomic E-state index is 1.17. The lowest BCUT2D eigenvalue weighted by molar-refractivity contribution is 1.15. The van der Waals surface area contributed by atoms with Crippen LogP contribution in [-0.2, 0) is 0 Å². The summed E-state index contributed by atoms with van der Waals surface area (Å²) in [5, 5.41) is 4.94. The van der Waals surface area contributed by atoms with E-state index in [0.717, 1.165) is 0 Å². The van der Waals surface area contributed by atoms with Gasteiger partial charge in [-0.3, -0.25) is 0 Å². The summed E-state index contributed by atoms with van der Waals surface area (Å²) in [6.45, 7) is 8.33. The summed E-state index contributed by atoms with van der Waals surface area (Å²) >= 11 is 0. The van der Waals surface area contributed by atoms with E-state index < -0.39 is 0 Å². The zero-order chi connectivity index (χ0) is 32.6. The number of aryl methyl sites for hydroxylation is 1. The lowest BCUT2D eigenvalue weighted by Gasteiger charge is -2.14. The maximum Gasteiger partial charge on any atom is 0.227 e. The largest absolute Gasteiger partial charge is 0.227 e. The van der Waals surface area contributed by atoms with Gasteiger partial charge < -0.3 is 0 Å². The fourth-order valence-corrected chi connectivity index (χ4v) is 7.21. The third-order valence-electron chi connectivity index (χ3n) is 9.58. The number of hydrogen-bond acceptors (Lipinski definition) is 0. The van der Waals surface area contributed by atoms with Crippen molar-refractivity contribution in [2.24, 2.45) is 0 Å². The molecule has 0 spiro atoms. The van der Waals surface area contributed by atoms with Gasteiger partial charge in [-0.1, -0.05) is 122 Å². The molecule has 0 fully saturated rings. The van der Waals surface area contributed by atoms with E-state index in [1.54, 1.807) is 0 Å². The van der Waals surface area contributed by atoms with E-state index >= 15 is 0 Å². The van der Waals surface area contributed by atoms with Crippen molar-refractivity contribution < 1.29 is 0 Å². The molecule has 0 aromatic heterocycles.